The van der Waals surface area contributed by atoms with Crippen LogP contribution in [0.2, 0.25) is 0 Å². The lowest BCUT2D eigenvalue weighted by molar-refractivity contribution is -0.127. The number of Topliss-reactive ketones (excluding diaryl/α,β-unsaturated/α-hetero) is 1. The highest BCUT2D eigenvalue weighted by atomic mass is 32.3. The van der Waals surface area contributed by atoms with Crippen molar-refractivity contribution in [1.82, 2.24) is 0 Å². The lowest BCUT2D eigenvalue weighted by Crippen LogP contribution is -2.51. The number of carbonyl (C=O) groups is 1. The van der Waals surface area contributed by atoms with Gasteiger partial charge in [-0.1, -0.05) is 60.7 Å². The van der Waals surface area contributed by atoms with Crippen LogP contribution in [-0.2, 0) is 38.9 Å². The average Bonchev–Trinajstić information content (AvgIpc) is 2.60. The van der Waals surface area contributed by atoms with Crippen molar-refractivity contribution >= 4 is 32.5 Å². The highest BCUT2D eigenvalue weighted by molar-refractivity contribution is 7.91. The van der Waals surface area contributed by atoms with E-state index in [1.807, 2.05) is 0 Å². The van der Waals surface area contributed by atoms with Crippen molar-refractivity contribution in [2.75, 3.05) is 0 Å². The van der Waals surface area contributed by atoms with Gasteiger partial charge in [0.2, 0.25) is 26.8 Å². The van der Waals surface area contributed by atoms with Crippen molar-refractivity contribution in [3.8, 4) is 0 Å². The quantitative estimate of drug-likeness (QED) is 0.466. The van der Waals surface area contributed by atoms with Crippen molar-refractivity contribution in [1.29, 1.82) is 0 Å². The molecule has 0 saturated heterocycles. The first-order chi connectivity index (χ1) is 12.5. The summed E-state index contributed by atoms with van der Waals surface area (Å²) >= 11 is 0. The van der Waals surface area contributed by atoms with Crippen molar-refractivity contribution < 1.29 is 35.2 Å². The average molecular weight is 412 g/mol. The summed E-state index contributed by atoms with van der Waals surface area (Å²) in [7, 11) is -10.2. The lowest BCUT2D eigenvalue weighted by Gasteiger charge is -2.27. The van der Waals surface area contributed by atoms with Crippen LogP contribution < -0.4 is 5.14 Å². The van der Waals surface area contributed by atoms with Gasteiger partial charge in [-0.05, 0) is 11.1 Å². The molecule has 2 aromatic rings. The second-order valence-electron chi connectivity index (χ2n) is 5.37. The molecule has 2 unspecified atom stereocenters. The first-order valence-electron chi connectivity index (χ1n) is 7.25. The molecule has 143 valence electrons. The molecule has 0 aliphatic rings. The number of ketones is 1. The van der Waals surface area contributed by atoms with E-state index in [9.17, 15) is 26.4 Å². The van der Waals surface area contributed by atoms with Gasteiger partial charge in [0.1, 0.15) is 0 Å². The van der Waals surface area contributed by atoms with Crippen molar-refractivity contribution in [2.45, 2.75) is 10.9 Å². The molecule has 27 heavy (non-hydrogen) atoms. The topological polar surface area (TPSA) is 158 Å². The van der Waals surface area contributed by atoms with Gasteiger partial charge in [0.15, 0.2) is 6.10 Å². The zero-order chi connectivity index (χ0) is 20.3. The zero-order valence-electron chi connectivity index (χ0n) is 13.5. The molecule has 0 amide bonds. The summed E-state index contributed by atoms with van der Waals surface area (Å²) in [5.41, 5.74) is -0.480. The van der Waals surface area contributed by atoms with Crippen molar-refractivity contribution in [3.63, 3.8) is 0 Å². The number of hydrogen-bond acceptors (Lipinski definition) is 7. The molecular formula is C16H14NO8S2. The van der Waals surface area contributed by atoms with Crippen LogP contribution in [0.1, 0.15) is 17.2 Å². The smallest absolute Gasteiger partial charge is 0.294 e. The van der Waals surface area contributed by atoms with Gasteiger partial charge in [0.25, 0.3) is 0 Å². The van der Waals surface area contributed by atoms with Gasteiger partial charge in [0.05, 0.1) is 0 Å². The van der Waals surface area contributed by atoms with E-state index >= 15 is 0 Å². The first kappa shape index (κ1) is 20.9. The van der Waals surface area contributed by atoms with Crippen LogP contribution in [0.15, 0.2) is 60.7 Å². The van der Waals surface area contributed by atoms with Crippen molar-refractivity contribution in [2.24, 2.45) is 5.14 Å². The molecule has 0 heterocycles. The van der Waals surface area contributed by atoms with E-state index in [-0.39, 0.29) is 11.1 Å². The van der Waals surface area contributed by atoms with E-state index in [0.717, 1.165) is 18.4 Å². The highest BCUT2D eigenvalue weighted by Crippen LogP contribution is 2.35. The fourth-order valence-electron chi connectivity index (χ4n) is 2.47. The second kappa shape index (κ2) is 7.66. The minimum Gasteiger partial charge on any atom is -0.294 e. The van der Waals surface area contributed by atoms with Gasteiger partial charge in [0, 0.05) is 0 Å². The molecule has 0 aliphatic carbocycles. The van der Waals surface area contributed by atoms with E-state index in [4.69, 9.17) is 9.69 Å². The Bertz CT molecular complexity index is 1040. The van der Waals surface area contributed by atoms with Crippen LogP contribution in [-0.4, -0.2) is 33.5 Å². The molecule has 0 spiro atoms. The third kappa shape index (κ3) is 4.28. The predicted molar refractivity (Wildman–Crippen MR) is 93.7 cm³/mol. The molecule has 0 fully saturated rings. The normalized spacial score (nSPS) is 15.5. The summed E-state index contributed by atoms with van der Waals surface area (Å²) in [4.78, 5) is 24.8. The number of primary sulfonamides is 1. The summed E-state index contributed by atoms with van der Waals surface area (Å²) in [6.45, 7) is 0. The minimum atomic E-state index is -5.20. The standard InChI is InChI=1S/C16H14NO8S2/c17-26(20,21)16(11-18,13-9-5-2-6-10-13)15(19)14(25-27(22,23)24)12-7-3-1-4-8-12/h1-10,14H,(H2,17,20,21)(H,22,23,24). The Morgan fingerprint density at radius 1 is 1.00 bits per heavy atom. The molecule has 9 nitrogen and oxygen atoms in total. The summed E-state index contributed by atoms with van der Waals surface area (Å²) < 4.78 is 57.3. The van der Waals surface area contributed by atoms with Gasteiger partial charge in [-0.2, -0.15) is 8.42 Å². The number of carbonyl (C=O) groups excluding carboxylic acids is 2. The summed E-state index contributed by atoms with van der Waals surface area (Å²) in [6.07, 6.45) is -1.03. The number of rotatable bonds is 8. The number of hydrogen-bond donors (Lipinski definition) is 2. The Morgan fingerprint density at radius 3 is 1.89 bits per heavy atom. The minimum absolute atomic E-state index is 0.126. The highest BCUT2D eigenvalue weighted by Gasteiger charge is 2.55. The summed E-state index contributed by atoms with van der Waals surface area (Å²) in [5, 5.41) is 5.16. The third-order valence-corrected chi connectivity index (χ3v) is 5.47. The van der Waals surface area contributed by atoms with Gasteiger partial charge in [-0.25, -0.2) is 17.7 Å². The lowest BCUT2D eigenvalue weighted by atomic mass is 9.89. The molecular weight excluding hydrogens is 398 g/mol. The maximum absolute atomic E-state index is 13.1. The number of benzene rings is 2. The Labute approximate surface area is 155 Å². The zero-order valence-corrected chi connectivity index (χ0v) is 15.2. The molecule has 0 saturated carbocycles. The fourth-order valence-corrected chi connectivity index (χ4v) is 3.88. The van der Waals surface area contributed by atoms with Crippen LogP contribution in [0.4, 0.5) is 0 Å². The van der Waals surface area contributed by atoms with E-state index in [1.165, 1.54) is 48.5 Å². The van der Waals surface area contributed by atoms with Crippen LogP contribution >= 0.6 is 0 Å². The number of nitrogens with two attached hydrogens (primary N) is 1. The molecule has 0 aliphatic heterocycles. The third-order valence-electron chi connectivity index (χ3n) is 3.66. The predicted octanol–water partition coefficient (Wildman–Crippen LogP) is 0.410. The Kier molecular flexibility index (Phi) is 5.92. The van der Waals surface area contributed by atoms with E-state index in [2.05, 4.69) is 4.18 Å². The second-order valence-corrected chi connectivity index (χ2v) is 8.12. The molecule has 2 rings (SSSR count). The van der Waals surface area contributed by atoms with Gasteiger partial charge < -0.3 is 0 Å². The Morgan fingerprint density at radius 2 is 1.48 bits per heavy atom. The van der Waals surface area contributed by atoms with Crippen LogP contribution in [0, 0.1) is 0 Å². The van der Waals surface area contributed by atoms with Gasteiger partial charge in [-0.15, -0.1) is 0 Å². The van der Waals surface area contributed by atoms with Crippen molar-refractivity contribution in [3.05, 3.63) is 71.8 Å². The number of sulfonamides is 1. The molecule has 11 heteroatoms. The fraction of sp³-hybridized carbons (Fsp3) is 0.125. The Hall–Kier alpha value is -2.44. The Balaban J connectivity index is 2.76. The van der Waals surface area contributed by atoms with E-state index < -0.39 is 37.1 Å². The maximum atomic E-state index is 13.1. The largest absolute Gasteiger partial charge is 0.398 e. The molecule has 0 aromatic heterocycles. The molecule has 2 atom stereocenters. The summed E-state index contributed by atoms with van der Waals surface area (Å²) in [5.74, 6) is -1.55. The van der Waals surface area contributed by atoms with E-state index in [0.29, 0.717) is 0 Å². The van der Waals surface area contributed by atoms with Gasteiger partial charge in [-0.3, -0.25) is 14.1 Å². The molecule has 3 N–H and O–H groups in total. The van der Waals surface area contributed by atoms with Crippen LogP contribution in [0.25, 0.3) is 0 Å². The molecule has 2 aromatic carbocycles. The summed E-state index contributed by atoms with van der Waals surface area (Å²) in [6, 6.07) is 13.3. The SMILES string of the molecule is NS(=O)(=O)C([C]=O)(C(=O)C(OS(=O)(=O)O)c1ccccc1)c1ccccc1. The maximum Gasteiger partial charge on any atom is 0.398 e. The van der Waals surface area contributed by atoms with Gasteiger partial charge >= 0.3 is 10.4 Å². The monoisotopic (exact) mass is 412 g/mol. The van der Waals surface area contributed by atoms with Crippen LogP contribution in [0.3, 0.4) is 0 Å². The molecule has 1 radical (unpaired) electrons. The first-order valence-corrected chi connectivity index (χ1v) is 10.2. The van der Waals surface area contributed by atoms with E-state index in [1.54, 1.807) is 0 Å². The molecule has 0 bridgehead atoms. The van der Waals surface area contributed by atoms with Crippen LogP contribution in [0.5, 0.6) is 0 Å².